The van der Waals surface area contributed by atoms with Gasteiger partial charge in [-0.2, -0.15) is 5.10 Å². The molecule has 2 heterocycles. The number of ether oxygens (including phenoxy) is 1. The molecular weight excluding hydrogens is 311 g/mol. The number of anilines is 1. The SMILES string of the molecule is O=C(Nc1cccc(OCCF)c1)c1ccn(C2CCCNC2)n1. The number of nitrogens with one attached hydrogen (secondary N) is 2. The van der Waals surface area contributed by atoms with Crippen molar-refractivity contribution in [2.75, 3.05) is 31.7 Å². The lowest BCUT2D eigenvalue weighted by Crippen LogP contribution is -2.32. The highest BCUT2D eigenvalue weighted by atomic mass is 19.1. The van der Waals surface area contributed by atoms with Crippen LogP contribution in [0.1, 0.15) is 29.4 Å². The van der Waals surface area contributed by atoms with E-state index >= 15 is 0 Å². The number of piperidine rings is 1. The summed E-state index contributed by atoms with van der Waals surface area (Å²) in [6, 6.07) is 8.88. The molecule has 2 N–H and O–H groups in total. The Morgan fingerprint density at radius 2 is 2.38 bits per heavy atom. The fourth-order valence-electron chi connectivity index (χ4n) is 2.74. The predicted octanol–water partition coefficient (Wildman–Crippen LogP) is 2.41. The topological polar surface area (TPSA) is 68.2 Å². The summed E-state index contributed by atoms with van der Waals surface area (Å²) in [4.78, 5) is 12.3. The maximum absolute atomic E-state index is 12.3. The van der Waals surface area contributed by atoms with Gasteiger partial charge in [0, 0.05) is 24.5 Å². The van der Waals surface area contributed by atoms with Gasteiger partial charge in [-0.05, 0) is 37.6 Å². The van der Waals surface area contributed by atoms with Gasteiger partial charge in [0.1, 0.15) is 19.0 Å². The molecule has 24 heavy (non-hydrogen) atoms. The van der Waals surface area contributed by atoms with E-state index < -0.39 is 6.67 Å². The standard InChI is InChI=1S/C17H21FN4O2/c18-7-10-24-15-5-1-3-13(11-15)20-17(23)16-6-9-22(21-16)14-4-2-8-19-12-14/h1,3,5-6,9,11,14,19H,2,4,7-8,10,12H2,(H,20,23). The summed E-state index contributed by atoms with van der Waals surface area (Å²) in [6.45, 7) is 1.35. The summed E-state index contributed by atoms with van der Waals surface area (Å²) in [5, 5.41) is 10.5. The fourth-order valence-corrected chi connectivity index (χ4v) is 2.74. The first kappa shape index (κ1) is 16.4. The number of rotatable bonds is 6. The predicted molar refractivity (Wildman–Crippen MR) is 89.2 cm³/mol. The van der Waals surface area contributed by atoms with Crippen molar-refractivity contribution in [3.63, 3.8) is 0 Å². The van der Waals surface area contributed by atoms with Crippen molar-refractivity contribution in [2.45, 2.75) is 18.9 Å². The average Bonchev–Trinajstić information content (AvgIpc) is 3.11. The molecular formula is C17H21FN4O2. The van der Waals surface area contributed by atoms with Crippen molar-refractivity contribution in [3.05, 3.63) is 42.2 Å². The highest BCUT2D eigenvalue weighted by Gasteiger charge is 2.17. The maximum Gasteiger partial charge on any atom is 0.276 e. The minimum Gasteiger partial charge on any atom is -0.491 e. The molecule has 2 aromatic rings. The Balaban J connectivity index is 1.63. The highest BCUT2D eigenvalue weighted by Crippen LogP contribution is 2.19. The third-order valence-electron chi connectivity index (χ3n) is 3.92. The number of aromatic nitrogens is 2. The summed E-state index contributed by atoms with van der Waals surface area (Å²) in [5.41, 5.74) is 0.959. The monoisotopic (exact) mass is 332 g/mol. The number of carbonyl (C=O) groups excluding carboxylic acids is 1. The fraction of sp³-hybridized carbons (Fsp3) is 0.412. The quantitative estimate of drug-likeness (QED) is 0.852. The van der Waals surface area contributed by atoms with Crippen molar-refractivity contribution >= 4 is 11.6 Å². The second-order valence-electron chi connectivity index (χ2n) is 5.70. The van der Waals surface area contributed by atoms with Crippen LogP contribution in [0.4, 0.5) is 10.1 Å². The van der Waals surface area contributed by atoms with Crippen LogP contribution in [0.15, 0.2) is 36.5 Å². The van der Waals surface area contributed by atoms with Crippen LogP contribution in [0, 0.1) is 0 Å². The van der Waals surface area contributed by atoms with E-state index in [2.05, 4.69) is 15.7 Å². The van der Waals surface area contributed by atoms with Crippen LogP contribution in [-0.2, 0) is 0 Å². The van der Waals surface area contributed by atoms with Crippen LogP contribution < -0.4 is 15.4 Å². The minimum absolute atomic E-state index is 0.00275. The lowest BCUT2D eigenvalue weighted by atomic mass is 10.1. The number of carbonyl (C=O) groups is 1. The molecule has 1 fully saturated rings. The second-order valence-corrected chi connectivity index (χ2v) is 5.70. The molecule has 7 heteroatoms. The van der Waals surface area contributed by atoms with E-state index in [1.807, 2.05) is 10.9 Å². The first-order valence-electron chi connectivity index (χ1n) is 8.12. The number of alkyl halides is 1. The number of amides is 1. The molecule has 0 saturated carbocycles. The molecule has 1 saturated heterocycles. The van der Waals surface area contributed by atoms with Gasteiger partial charge in [0.15, 0.2) is 5.69 Å². The molecule has 1 aliphatic heterocycles. The zero-order chi connectivity index (χ0) is 16.8. The Kier molecular flexibility index (Phi) is 5.43. The Morgan fingerprint density at radius 3 is 3.17 bits per heavy atom. The summed E-state index contributed by atoms with van der Waals surface area (Å²) in [6.07, 6.45) is 4.01. The Hall–Kier alpha value is -2.41. The van der Waals surface area contributed by atoms with Gasteiger partial charge in [-0.1, -0.05) is 6.07 Å². The van der Waals surface area contributed by atoms with Crippen molar-refractivity contribution < 1.29 is 13.9 Å². The lowest BCUT2D eigenvalue weighted by molar-refractivity contribution is 0.102. The van der Waals surface area contributed by atoms with Gasteiger partial charge in [0.2, 0.25) is 0 Å². The van der Waals surface area contributed by atoms with E-state index in [4.69, 9.17) is 4.74 Å². The van der Waals surface area contributed by atoms with Gasteiger partial charge in [0.25, 0.3) is 5.91 Å². The lowest BCUT2D eigenvalue weighted by Gasteiger charge is -2.22. The molecule has 6 nitrogen and oxygen atoms in total. The van der Waals surface area contributed by atoms with E-state index in [-0.39, 0.29) is 18.6 Å². The highest BCUT2D eigenvalue weighted by molar-refractivity contribution is 6.02. The van der Waals surface area contributed by atoms with Crippen molar-refractivity contribution in [2.24, 2.45) is 0 Å². The van der Waals surface area contributed by atoms with Gasteiger partial charge in [0.05, 0.1) is 6.04 Å². The number of halogens is 1. The Morgan fingerprint density at radius 1 is 1.46 bits per heavy atom. The largest absolute Gasteiger partial charge is 0.491 e. The van der Waals surface area contributed by atoms with Crippen molar-refractivity contribution in [1.82, 2.24) is 15.1 Å². The van der Waals surface area contributed by atoms with E-state index in [0.717, 1.165) is 25.9 Å². The molecule has 3 rings (SSSR count). The number of hydrogen-bond acceptors (Lipinski definition) is 4. The van der Waals surface area contributed by atoms with Crippen molar-refractivity contribution in [3.8, 4) is 5.75 Å². The maximum atomic E-state index is 12.3. The molecule has 0 radical (unpaired) electrons. The van der Waals surface area contributed by atoms with Crippen LogP contribution in [0.2, 0.25) is 0 Å². The molecule has 1 aliphatic rings. The molecule has 1 unspecified atom stereocenters. The summed E-state index contributed by atoms with van der Waals surface area (Å²) >= 11 is 0. The Labute approximate surface area is 140 Å². The van der Waals surface area contributed by atoms with Gasteiger partial charge in [-0.15, -0.1) is 0 Å². The van der Waals surface area contributed by atoms with Gasteiger partial charge >= 0.3 is 0 Å². The van der Waals surface area contributed by atoms with Crippen LogP contribution >= 0.6 is 0 Å². The summed E-state index contributed by atoms with van der Waals surface area (Å²) in [5.74, 6) is 0.240. The number of benzene rings is 1. The molecule has 1 atom stereocenters. The minimum atomic E-state index is -0.552. The third-order valence-corrected chi connectivity index (χ3v) is 3.92. The van der Waals surface area contributed by atoms with Crippen LogP contribution in [0.25, 0.3) is 0 Å². The van der Waals surface area contributed by atoms with Crippen LogP contribution in [0.3, 0.4) is 0 Å². The zero-order valence-electron chi connectivity index (χ0n) is 13.4. The van der Waals surface area contributed by atoms with E-state index in [0.29, 0.717) is 17.1 Å². The average molecular weight is 332 g/mol. The molecule has 0 bridgehead atoms. The first-order valence-corrected chi connectivity index (χ1v) is 8.12. The molecule has 0 spiro atoms. The molecule has 1 aromatic carbocycles. The number of hydrogen-bond donors (Lipinski definition) is 2. The van der Waals surface area contributed by atoms with E-state index in [1.54, 1.807) is 30.3 Å². The van der Waals surface area contributed by atoms with E-state index in [1.165, 1.54) is 0 Å². The first-order chi connectivity index (χ1) is 11.8. The third kappa shape index (κ3) is 4.11. The normalized spacial score (nSPS) is 17.5. The van der Waals surface area contributed by atoms with Gasteiger partial charge in [-0.3, -0.25) is 9.48 Å². The molecule has 128 valence electrons. The Bertz CT molecular complexity index is 683. The van der Waals surface area contributed by atoms with Gasteiger partial charge in [-0.25, -0.2) is 4.39 Å². The summed E-state index contributed by atoms with van der Waals surface area (Å²) in [7, 11) is 0. The molecule has 0 aliphatic carbocycles. The number of nitrogens with zero attached hydrogens (tertiary/aromatic N) is 2. The smallest absolute Gasteiger partial charge is 0.276 e. The molecule has 1 aromatic heterocycles. The van der Waals surface area contributed by atoms with Crippen LogP contribution in [-0.4, -0.2) is 42.1 Å². The second kappa shape index (κ2) is 7.92. The summed E-state index contributed by atoms with van der Waals surface area (Å²) < 4.78 is 19.2. The molecule has 1 amide bonds. The van der Waals surface area contributed by atoms with Crippen LogP contribution in [0.5, 0.6) is 5.75 Å². The van der Waals surface area contributed by atoms with Crippen molar-refractivity contribution in [1.29, 1.82) is 0 Å². The van der Waals surface area contributed by atoms with E-state index in [9.17, 15) is 9.18 Å². The zero-order valence-corrected chi connectivity index (χ0v) is 13.4. The van der Waals surface area contributed by atoms with Gasteiger partial charge < -0.3 is 15.4 Å².